The lowest BCUT2D eigenvalue weighted by Crippen LogP contribution is -2.59. The van der Waals surface area contributed by atoms with Gasteiger partial charge >= 0.3 is 0 Å². The monoisotopic (exact) mass is 318 g/mol. The predicted octanol–water partition coefficient (Wildman–Crippen LogP) is 2.60. The van der Waals surface area contributed by atoms with Crippen LogP contribution in [0.25, 0.3) is 22.2 Å². The van der Waals surface area contributed by atoms with E-state index in [4.69, 9.17) is 5.10 Å². The number of para-hydroxylation sites is 1. The standard InChI is InChI=1S/C19H18N4O/c1-13(24)22-11-19(12-22)6-7-23-18(19)9-17(21-23)15-8-14-4-2-3-5-16(14)20-10-15/h2-5,8-10H,6-7,11-12H2,1H3. The molecular formula is C19H18N4O. The van der Waals surface area contributed by atoms with Crippen LogP contribution in [0.15, 0.2) is 42.6 Å². The molecule has 5 nitrogen and oxygen atoms in total. The second-order valence-corrected chi connectivity index (χ2v) is 6.96. The number of likely N-dealkylation sites (tertiary alicyclic amines) is 1. The smallest absolute Gasteiger partial charge is 0.219 e. The number of aromatic nitrogens is 3. The number of benzene rings is 1. The van der Waals surface area contributed by atoms with Crippen LogP contribution < -0.4 is 0 Å². The van der Waals surface area contributed by atoms with Crippen molar-refractivity contribution in [1.29, 1.82) is 0 Å². The minimum absolute atomic E-state index is 0.112. The van der Waals surface area contributed by atoms with Crippen molar-refractivity contribution in [2.45, 2.75) is 25.3 Å². The highest BCUT2D eigenvalue weighted by molar-refractivity contribution is 5.83. The number of aryl methyl sites for hydroxylation is 1. The molecule has 0 saturated carbocycles. The number of pyridine rings is 1. The quantitative estimate of drug-likeness (QED) is 0.693. The molecule has 0 radical (unpaired) electrons. The molecule has 3 aromatic rings. The van der Waals surface area contributed by atoms with Gasteiger partial charge in [0.05, 0.1) is 11.2 Å². The summed E-state index contributed by atoms with van der Waals surface area (Å²) in [6.07, 6.45) is 2.98. The molecular weight excluding hydrogens is 300 g/mol. The summed E-state index contributed by atoms with van der Waals surface area (Å²) in [6, 6.07) is 12.5. The number of hydrogen-bond acceptors (Lipinski definition) is 3. The van der Waals surface area contributed by atoms with Gasteiger partial charge in [0.25, 0.3) is 0 Å². The molecule has 24 heavy (non-hydrogen) atoms. The maximum atomic E-state index is 11.5. The highest BCUT2D eigenvalue weighted by Crippen LogP contribution is 2.43. The molecule has 5 rings (SSSR count). The average Bonchev–Trinajstić information content (AvgIpc) is 3.11. The zero-order valence-electron chi connectivity index (χ0n) is 13.6. The Labute approximate surface area is 139 Å². The lowest BCUT2D eigenvalue weighted by molar-refractivity contribution is -0.136. The summed E-state index contributed by atoms with van der Waals surface area (Å²) in [5.41, 5.74) is 4.40. The predicted molar refractivity (Wildman–Crippen MR) is 91.5 cm³/mol. The average molecular weight is 318 g/mol. The van der Waals surface area contributed by atoms with Crippen molar-refractivity contribution in [3.63, 3.8) is 0 Å². The lowest BCUT2D eigenvalue weighted by Gasteiger charge is -2.47. The van der Waals surface area contributed by atoms with E-state index in [9.17, 15) is 4.79 Å². The first-order valence-electron chi connectivity index (χ1n) is 8.34. The van der Waals surface area contributed by atoms with Crippen LogP contribution in [0.3, 0.4) is 0 Å². The Balaban J connectivity index is 1.52. The topological polar surface area (TPSA) is 51.0 Å². The Morgan fingerprint density at radius 2 is 2.04 bits per heavy atom. The Morgan fingerprint density at radius 1 is 1.21 bits per heavy atom. The van der Waals surface area contributed by atoms with Crippen LogP contribution >= 0.6 is 0 Å². The van der Waals surface area contributed by atoms with Crippen molar-refractivity contribution >= 4 is 16.8 Å². The second kappa shape index (κ2) is 4.66. The van der Waals surface area contributed by atoms with Crippen molar-refractivity contribution in [1.82, 2.24) is 19.7 Å². The molecule has 1 spiro atoms. The maximum Gasteiger partial charge on any atom is 0.219 e. The van der Waals surface area contributed by atoms with Crippen LogP contribution in [-0.2, 0) is 16.8 Å². The highest BCUT2D eigenvalue weighted by Gasteiger charge is 2.50. The van der Waals surface area contributed by atoms with Crippen LogP contribution in [-0.4, -0.2) is 38.7 Å². The second-order valence-electron chi connectivity index (χ2n) is 6.96. The van der Waals surface area contributed by atoms with Crippen molar-refractivity contribution in [2.75, 3.05) is 13.1 Å². The number of nitrogens with zero attached hydrogens (tertiary/aromatic N) is 4. The van der Waals surface area contributed by atoms with Gasteiger partial charge in [-0.3, -0.25) is 14.5 Å². The fourth-order valence-electron chi connectivity index (χ4n) is 4.04. The fourth-order valence-corrected chi connectivity index (χ4v) is 4.04. The van der Waals surface area contributed by atoms with Crippen LogP contribution in [0.4, 0.5) is 0 Å². The van der Waals surface area contributed by atoms with Gasteiger partial charge in [-0.15, -0.1) is 0 Å². The Bertz CT molecular complexity index is 968. The van der Waals surface area contributed by atoms with Crippen LogP contribution in [0.5, 0.6) is 0 Å². The third-order valence-electron chi connectivity index (χ3n) is 5.44. The van der Waals surface area contributed by atoms with E-state index in [1.165, 1.54) is 5.69 Å². The largest absolute Gasteiger partial charge is 0.341 e. The normalized spacial score (nSPS) is 18.0. The molecule has 0 atom stereocenters. The molecule has 4 heterocycles. The van der Waals surface area contributed by atoms with E-state index in [1.54, 1.807) is 6.92 Å². The van der Waals surface area contributed by atoms with Gasteiger partial charge in [-0.2, -0.15) is 5.10 Å². The van der Waals surface area contributed by atoms with Crippen LogP contribution in [0, 0.1) is 0 Å². The molecule has 1 aromatic carbocycles. The third-order valence-corrected chi connectivity index (χ3v) is 5.44. The van der Waals surface area contributed by atoms with E-state index in [2.05, 4.69) is 27.9 Å². The highest BCUT2D eigenvalue weighted by atomic mass is 16.2. The van der Waals surface area contributed by atoms with Crippen molar-refractivity contribution in [3.05, 3.63) is 48.3 Å². The van der Waals surface area contributed by atoms with Crippen molar-refractivity contribution in [2.24, 2.45) is 0 Å². The van der Waals surface area contributed by atoms with Crippen LogP contribution in [0.2, 0.25) is 0 Å². The fraction of sp³-hybridized carbons (Fsp3) is 0.316. The van der Waals surface area contributed by atoms with Gasteiger partial charge < -0.3 is 4.90 Å². The molecule has 1 amide bonds. The zero-order valence-corrected chi connectivity index (χ0v) is 13.6. The van der Waals surface area contributed by atoms with Gasteiger partial charge in [0.2, 0.25) is 5.91 Å². The molecule has 0 aliphatic carbocycles. The first kappa shape index (κ1) is 13.7. The van der Waals surface area contributed by atoms with Gasteiger partial charge in [-0.05, 0) is 24.6 Å². The van der Waals surface area contributed by atoms with E-state index in [0.29, 0.717) is 0 Å². The molecule has 5 heteroatoms. The molecule has 1 saturated heterocycles. The molecule has 2 aliphatic rings. The Kier molecular flexibility index (Phi) is 2.66. The zero-order chi connectivity index (χ0) is 16.3. The SMILES string of the molecule is CC(=O)N1CC2(CCn3nc(-c4cnc5ccccc5c4)cc32)C1. The van der Waals surface area contributed by atoms with Gasteiger partial charge in [0, 0.05) is 54.8 Å². The summed E-state index contributed by atoms with van der Waals surface area (Å²) in [5.74, 6) is 0.164. The molecule has 1 fully saturated rings. The summed E-state index contributed by atoms with van der Waals surface area (Å²) in [5, 5.41) is 5.92. The summed E-state index contributed by atoms with van der Waals surface area (Å²) in [4.78, 5) is 18.0. The third kappa shape index (κ3) is 1.84. The van der Waals surface area contributed by atoms with E-state index in [0.717, 1.165) is 48.2 Å². The van der Waals surface area contributed by atoms with Crippen LogP contribution in [0.1, 0.15) is 19.0 Å². The van der Waals surface area contributed by atoms with E-state index < -0.39 is 0 Å². The Hall–Kier alpha value is -2.69. The number of hydrogen-bond donors (Lipinski definition) is 0. The lowest BCUT2D eigenvalue weighted by atomic mass is 9.76. The molecule has 0 unspecified atom stereocenters. The molecule has 0 bridgehead atoms. The number of fused-ring (bicyclic) bond motifs is 3. The van der Waals surface area contributed by atoms with Gasteiger partial charge in [0.1, 0.15) is 0 Å². The summed E-state index contributed by atoms with van der Waals surface area (Å²) in [7, 11) is 0. The maximum absolute atomic E-state index is 11.5. The summed E-state index contributed by atoms with van der Waals surface area (Å²) in [6.45, 7) is 4.22. The molecule has 0 N–H and O–H groups in total. The number of carbonyl (C=O) groups excluding carboxylic acids is 1. The number of amides is 1. The molecule has 2 aromatic heterocycles. The first-order valence-corrected chi connectivity index (χ1v) is 8.34. The number of carbonyl (C=O) groups is 1. The van der Waals surface area contributed by atoms with E-state index in [1.807, 2.05) is 29.3 Å². The van der Waals surface area contributed by atoms with Gasteiger partial charge in [0.15, 0.2) is 0 Å². The van der Waals surface area contributed by atoms with Gasteiger partial charge in [-0.25, -0.2) is 0 Å². The molecule has 2 aliphatic heterocycles. The Morgan fingerprint density at radius 3 is 2.88 bits per heavy atom. The van der Waals surface area contributed by atoms with Crippen molar-refractivity contribution < 1.29 is 4.79 Å². The van der Waals surface area contributed by atoms with E-state index in [-0.39, 0.29) is 11.3 Å². The minimum Gasteiger partial charge on any atom is -0.341 e. The minimum atomic E-state index is 0.112. The van der Waals surface area contributed by atoms with Crippen molar-refractivity contribution in [3.8, 4) is 11.3 Å². The van der Waals surface area contributed by atoms with E-state index >= 15 is 0 Å². The number of rotatable bonds is 1. The molecule has 120 valence electrons. The summed E-state index contributed by atoms with van der Waals surface area (Å²) >= 11 is 0. The summed E-state index contributed by atoms with van der Waals surface area (Å²) < 4.78 is 2.11. The van der Waals surface area contributed by atoms with Gasteiger partial charge in [-0.1, -0.05) is 18.2 Å². The first-order chi connectivity index (χ1) is 11.6.